The number of nitrogens with one attached hydrogen (secondary N) is 1. The lowest BCUT2D eigenvalue weighted by atomic mass is 10.1. The maximum atomic E-state index is 15.3. The van der Waals surface area contributed by atoms with Crippen LogP contribution in [0.25, 0.3) is 17.2 Å². The lowest BCUT2D eigenvalue weighted by Gasteiger charge is -2.26. The number of hydrogen-bond acceptors (Lipinski definition) is 7. The summed E-state index contributed by atoms with van der Waals surface area (Å²) in [4.78, 5) is 22.4. The predicted molar refractivity (Wildman–Crippen MR) is 139 cm³/mol. The van der Waals surface area contributed by atoms with Gasteiger partial charge in [-0.25, -0.2) is 14.4 Å². The van der Waals surface area contributed by atoms with Crippen LogP contribution in [-0.2, 0) is 17.7 Å². The van der Waals surface area contributed by atoms with Crippen molar-refractivity contribution in [2.24, 2.45) is 5.92 Å². The molecule has 1 N–H and O–H groups in total. The summed E-state index contributed by atoms with van der Waals surface area (Å²) in [6.07, 6.45) is 8.88. The number of carbonyl (C=O) groups is 1. The van der Waals surface area contributed by atoms with Crippen molar-refractivity contribution in [3.8, 4) is 23.0 Å². The molecule has 2 fully saturated rings. The molecule has 0 spiro atoms. The van der Waals surface area contributed by atoms with Gasteiger partial charge in [-0.3, -0.25) is 4.79 Å². The molecule has 200 valence electrons. The number of rotatable bonds is 8. The second-order valence-corrected chi connectivity index (χ2v) is 10.4. The summed E-state index contributed by atoms with van der Waals surface area (Å²) >= 11 is 0. The van der Waals surface area contributed by atoms with Crippen molar-refractivity contribution in [2.45, 2.75) is 44.6 Å². The zero-order chi connectivity index (χ0) is 26.3. The van der Waals surface area contributed by atoms with Crippen molar-refractivity contribution in [2.75, 3.05) is 25.1 Å². The molecule has 1 amide bonds. The molecule has 7 rings (SSSR count). The van der Waals surface area contributed by atoms with E-state index in [1.807, 2.05) is 12.3 Å². The smallest absolute Gasteiger partial charge is 0.259 e. The van der Waals surface area contributed by atoms with Crippen LogP contribution in [0.3, 0.4) is 0 Å². The average molecular weight is 530 g/mol. The third-order valence-corrected chi connectivity index (χ3v) is 7.43. The van der Waals surface area contributed by atoms with E-state index in [4.69, 9.17) is 9.47 Å². The highest BCUT2D eigenvalue weighted by Crippen LogP contribution is 2.39. The van der Waals surface area contributed by atoms with Gasteiger partial charge in [0.25, 0.3) is 5.91 Å². The molecular weight excluding hydrogens is 501 g/mol. The molecule has 3 aliphatic rings. The van der Waals surface area contributed by atoms with Crippen molar-refractivity contribution >= 4 is 11.7 Å². The second-order valence-electron chi connectivity index (χ2n) is 10.4. The van der Waals surface area contributed by atoms with Crippen molar-refractivity contribution in [1.29, 1.82) is 0 Å². The van der Waals surface area contributed by atoms with Crippen LogP contribution in [0, 0.1) is 11.7 Å². The summed E-state index contributed by atoms with van der Waals surface area (Å²) in [5, 5.41) is 11.4. The second kappa shape index (κ2) is 9.88. The van der Waals surface area contributed by atoms with Crippen LogP contribution in [0.15, 0.2) is 42.9 Å². The first-order valence-electron chi connectivity index (χ1n) is 13.4. The molecular formula is C28H28FN7O3. The largest absolute Gasteiger partial charge is 0.491 e. The SMILES string of the molecule is O=C(Nc1cccc(-c2nnc3n2CCCC3)n1)c1cc(-n2cnc(C3CC3)c2)c(OCC2COC2)cc1F. The summed E-state index contributed by atoms with van der Waals surface area (Å²) in [5.41, 5.74) is 2.03. The number of hydrogen-bond donors (Lipinski definition) is 1. The fraction of sp³-hybridized carbons (Fsp3) is 0.393. The van der Waals surface area contributed by atoms with E-state index in [0.717, 1.165) is 50.2 Å². The molecule has 10 nitrogen and oxygen atoms in total. The first kappa shape index (κ1) is 24.0. The topological polar surface area (TPSA) is 109 Å². The summed E-state index contributed by atoms with van der Waals surface area (Å²) in [5.74, 6) is 1.70. The van der Waals surface area contributed by atoms with E-state index >= 15 is 4.39 Å². The molecule has 0 unspecified atom stereocenters. The fourth-order valence-corrected chi connectivity index (χ4v) is 4.99. The standard InChI is InChI=1S/C28H28FN7O3/c29-20-11-24(39-15-17-13-38-14-17)23(35-12-22(30-16-35)18-7-8-18)10-19(20)28(37)32-25-5-3-4-21(31-25)27-34-33-26-6-1-2-9-36(26)27/h3-5,10-12,16-18H,1-2,6-9,13-15H2,(H,31,32,37). The normalized spacial score (nSPS) is 16.9. The van der Waals surface area contributed by atoms with E-state index in [9.17, 15) is 4.79 Å². The van der Waals surface area contributed by atoms with Crippen LogP contribution >= 0.6 is 0 Å². The van der Waals surface area contributed by atoms with Gasteiger partial charge >= 0.3 is 0 Å². The number of nitrogens with zero attached hydrogens (tertiary/aromatic N) is 6. The van der Waals surface area contributed by atoms with Gasteiger partial charge in [-0.2, -0.15) is 0 Å². The maximum Gasteiger partial charge on any atom is 0.259 e. The summed E-state index contributed by atoms with van der Waals surface area (Å²) in [6.45, 7) is 2.49. The zero-order valence-electron chi connectivity index (χ0n) is 21.3. The molecule has 1 saturated carbocycles. The minimum atomic E-state index is -0.679. The Balaban J connectivity index is 1.17. The number of imidazole rings is 1. The molecule has 2 aliphatic heterocycles. The monoisotopic (exact) mass is 529 g/mol. The molecule has 5 heterocycles. The average Bonchev–Trinajstić information content (AvgIpc) is 3.49. The highest BCUT2D eigenvalue weighted by Gasteiger charge is 2.27. The Morgan fingerprint density at radius 3 is 2.90 bits per heavy atom. The van der Waals surface area contributed by atoms with Gasteiger partial charge in [0, 0.05) is 37.1 Å². The minimum Gasteiger partial charge on any atom is -0.491 e. The number of amides is 1. The molecule has 0 radical (unpaired) electrons. The van der Waals surface area contributed by atoms with Gasteiger partial charge in [0.15, 0.2) is 5.82 Å². The highest BCUT2D eigenvalue weighted by molar-refractivity contribution is 6.04. The Labute approximate surface area is 224 Å². The van der Waals surface area contributed by atoms with Gasteiger partial charge in [0.05, 0.1) is 43.1 Å². The Kier molecular flexibility index (Phi) is 6.07. The van der Waals surface area contributed by atoms with Crippen molar-refractivity contribution < 1.29 is 18.7 Å². The van der Waals surface area contributed by atoms with Crippen LogP contribution in [0.5, 0.6) is 5.75 Å². The number of benzene rings is 1. The number of aromatic nitrogens is 6. The summed E-state index contributed by atoms with van der Waals surface area (Å²) < 4.78 is 30.4. The summed E-state index contributed by atoms with van der Waals surface area (Å²) in [6, 6.07) is 8.07. The van der Waals surface area contributed by atoms with E-state index in [1.54, 1.807) is 23.0 Å². The number of halogens is 1. The van der Waals surface area contributed by atoms with Crippen LogP contribution in [0.2, 0.25) is 0 Å². The lowest BCUT2D eigenvalue weighted by molar-refractivity contribution is -0.0508. The molecule has 1 aliphatic carbocycles. The highest BCUT2D eigenvalue weighted by atomic mass is 19.1. The molecule has 1 saturated heterocycles. The Hall–Kier alpha value is -4.12. The van der Waals surface area contributed by atoms with Crippen molar-refractivity contribution in [3.63, 3.8) is 0 Å². The van der Waals surface area contributed by atoms with E-state index in [1.165, 1.54) is 12.1 Å². The maximum absolute atomic E-state index is 15.3. The summed E-state index contributed by atoms with van der Waals surface area (Å²) in [7, 11) is 0. The quantitative estimate of drug-likeness (QED) is 0.365. The predicted octanol–water partition coefficient (Wildman–Crippen LogP) is 4.16. The molecule has 4 aromatic rings. The number of aryl methyl sites for hydroxylation is 1. The third-order valence-electron chi connectivity index (χ3n) is 7.43. The molecule has 1 aromatic carbocycles. The first-order valence-corrected chi connectivity index (χ1v) is 13.4. The van der Waals surface area contributed by atoms with Crippen LogP contribution in [-0.4, -0.2) is 55.0 Å². The van der Waals surface area contributed by atoms with E-state index in [0.29, 0.717) is 54.5 Å². The van der Waals surface area contributed by atoms with Gasteiger partial charge in [0.1, 0.15) is 28.9 Å². The lowest BCUT2D eigenvalue weighted by Crippen LogP contribution is -2.32. The molecule has 39 heavy (non-hydrogen) atoms. The first-order chi connectivity index (χ1) is 19.1. The third kappa shape index (κ3) is 4.78. The number of ether oxygens (including phenoxy) is 2. The van der Waals surface area contributed by atoms with Gasteiger partial charge in [-0.15, -0.1) is 10.2 Å². The number of fused-ring (bicyclic) bond motifs is 1. The minimum absolute atomic E-state index is 0.113. The van der Waals surface area contributed by atoms with Crippen LogP contribution in [0.1, 0.15) is 53.5 Å². The van der Waals surface area contributed by atoms with Gasteiger partial charge < -0.3 is 23.9 Å². The molecule has 3 aromatic heterocycles. The Bertz CT molecular complexity index is 1540. The molecule has 11 heteroatoms. The Morgan fingerprint density at radius 1 is 1.18 bits per heavy atom. The van der Waals surface area contributed by atoms with Crippen molar-refractivity contribution in [1.82, 2.24) is 29.3 Å². The number of pyridine rings is 1. The van der Waals surface area contributed by atoms with Gasteiger partial charge in [0.2, 0.25) is 0 Å². The van der Waals surface area contributed by atoms with E-state index < -0.39 is 11.7 Å². The molecule has 0 atom stereocenters. The zero-order valence-corrected chi connectivity index (χ0v) is 21.3. The number of anilines is 1. The fourth-order valence-electron chi connectivity index (χ4n) is 4.99. The number of carbonyl (C=O) groups excluding carboxylic acids is 1. The van der Waals surface area contributed by atoms with Crippen molar-refractivity contribution in [3.05, 3.63) is 65.8 Å². The Morgan fingerprint density at radius 2 is 2.08 bits per heavy atom. The van der Waals surface area contributed by atoms with E-state index in [-0.39, 0.29) is 11.5 Å². The van der Waals surface area contributed by atoms with Gasteiger partial charge in [-0.05, 0) is 43.9 Å². The van der Waals surface area contributed by atoms with Crippen LogP contribution in [0.4, 0.5) is 10.2 Å². The van der Waals surface area contributed by atoms with Gasteiger partial charge in [-0.1, -0.05) is 6.07 Å². The van der Waals surface area contributed by atoms with E-state index in [2.05, 4.69) is 30.0 Å². The molecule has 0 bridgehead atoms. The van der Waals surface area contributed by atoms with Crippen LogP contribution < -0.4 is 10.1 Å².